The Hall–Kier alpha value is -3.69. The van der Waals surface area contributed by atoms with Gasteiger partial charge in [0.15, 0.2) is 5.65 Å². The maximum absolute atomic E-state index is 12.8. The first-order chi connectivity index (χ1) is 14.9. The number of hydrogen-bond acceptors (Lipinski definition) is 6. The zero-order valence-electron chi connectivity index (χ0n) is 17.3. The minimum atomic E-state index is -0.449. The molecular formula is C21H23N5O5. The Bertz CT molecular complexity index is 1190. The van der Waals surface area contributed by atoms with Crippen molar-refractivity contribution < 1.29 is 14.5 Å². The van der Waals surface area contributed by atoms with E-state index in [1.165, 1.54) is 22.7 Å². The lowest BCUT2D eigenvalue weighted by molar-refractivity contribution is -0.384. The average molecular weight is 425 g/mol. The van der Waals surface area contributed by atoms with Gasteiger partial charge >= 0.3 is 6.09 Å². The molecule has 1 aliphatic heterocycles. The van der Waals surface area contributed by atoms with Crippen molar-refractivity contribution in [1.29, 1.82) is 0 Å². The van der Waals surface area contributed by atoms with Gasteiger partial charge in [0, 0.05) is 48.5 Å². The van der Waals surface area contributed by atoms with Crippen LogP contribution in [0.5, 0.6) is 0 Å². The lowest BCUT2D eigenvalue weighted by Crippen LogP contribution is -2.38. The van der Waals surface area contributed by atoms with Crippen molar-refractivity contribution in [2.45, 2.75) is 32.6 Å². The van der Waals surface area contributed by atoms with Crippen molar-refractivity contribution in [1.82, 2.24) is 19.5 Å². The maximum atomic E-state index is 12.8. The van der Waals surface area contributed by atoms with Crippen LogP contribution in [0, 0.1) is 17.0 Å². The third-order valence-corrected chi connectivity index (χ3v) is 5.62. The van der Waals surface area contributed by atoms with Gasteiger partial charge in [-0.2, -0.15) is 0 Å². The molecule has 0 atom stereocenters. The van der Waals surface area contributed by atoms with E-state index in [2.05, 4.69) is 5.10 Å². The predicted molar refractivity (Wildman–Crippen MR) is 113 cm³/mol. The smallest absolute Gasteiger partial charge is 0.409 e. The number of nitrogens with zero attached hydrogens (tertiary/aromatic N) is 4. The third-order valence-electron chi connectivity index (χ3n) is 5.62. The first-order valence-corrected chi connectivity index (χ1v) is 10.2. The molecule has 1 aromatic carbocycles. The van der Waals surface area contributed by atoms with E-state index in [1.54, 1.807) is 24.0 Å². The number of benzene rings is 1. The van der Waals surface area contributed by atoms with Gasteiger partial charge in [0.05, 0.1) is 17.2 Å². The van der Waals surface area contributed by atoms with E-state index < -0.39 is 4.92 Å². The Morgan fingerprint density at radius 1 is 1.29 bits per heavy atom. The molecule has 0 spiro atoms. The number of carbonyl (C=O) groups excluding carboxylic acids is 1. The number of ether oxygens (including phenoxy) is 1. The third kappa shape index (κ3) is 3.88. The van der Waals surface area contributed by atoms with E-state index in [-0.39, 0.29) is 23.3 Å². The number of aromatic amines is 1. The highest BCUT2D eigenvalue weighted by molar-refractivity contribution is 5.80. The van der Waals surface area contributed by atoms with Crippen molar-refractivity contribution in [2.24, 2.45) is 0 Å². The summed E-state index contributed by atoms with van der Waals surface area (Å²) in [4.78, 5) is 41.6. The summed E-state index contributed by atoms with van der Waals surface area (Å²) >= 11 is 0. The van der Waals surface area contributed by atoms with E-state index in [0.717, 1.165) is 16.8 Å². The largest absolute Gasteiger partial charge is 0.450 e. The highest BCUT2D eigenvalue weighted by Gasteiger charge is 2.26. The normalized spacial score (nSPS) is 14.7. The molecule has 1 amide bonds. The van der Waals surface area contributed by atoms with Crippen molar-refractivity contribution in [3.05, 3.63) is 62.2 Å². The number of fused-ring (bicyclic) bond motifs is 1. The minimum Gasteiger partial charge on any atom is -0.450 e. The Labute approximate surface area is 177 Å². The zero-order valence-corrected chi connectivity index (χ0v) is 17.3. The number of likely N-dealkylation sites (tertiary alicyclic amines) is 1. The number of aryl methyl sites for hydroxylation is 1. The van der Waals surface area contributed by atoms with Crippen molar-refractivity contribution >= 4 is 17.4 Å². The lowest BCUT2D eigenvalue weighted by atomic mass is 9.93. The van der Waals surface area contributed by atoms with Crippen LogP contribution in [0.15, 0.2) is 35.1 Å². The fourth-order valence-electron chi connectivity index (χ4n) is 4.04. The highest BCUT2D eigenvalue weighted by Crippen LogP contribution is 2.31. The molecule has 0 saturated carbocycles. The van der Waals surface area contributed by atoms with Crippen LogP contribution < -0.4 is 5.56 Å². The monoisotopic (exact) mass is 425 g/mol. The Morgan fingerprint density at radius 3 is 2.58 bits per heavy atom. The second kappa shape index (κ2) is 8.21. The van der Waals surface area contributed by atoms with Crippen LogP contribution in [0.4, 0.5) is 10.5 Å². The second-order valence-corrected chi connectivity index (χ2v) is 7.55. The number of non-ortho nitro benzene ring substituents is 1. The number of amides is 1. The zero-order chi connectivity index (χ0) is 22.1. The number of aromatic nitrogens is 3. The predicted octanol–water partition coefficient (Wildman–Crippen LogP) is 3.24. The molecule has 0 bridgehead atoms. The van der Waals surface area contributed by atoms with Gasteiger partial charge in [0.1, 0.15) is 0 Å². The van der Waals surface area contributed by atoms with Crippen LogP contribution in [0.2, 0.25) is 0 Å². The molecule has 4 rings (SSSR count). The van der Waals surface area contributed by atoms with Crippen molar-refractivity contribution in [2.75, 3.05) is 19.7 Å². The molecule has 1 saturated heterocycles. The van der Waals surface area contributed by atoms with E-state index in [4.69, 9.17) is 9.72 Å². The number of nitro groups is 1. The first-order valence-electron chi connectivity index (χ1n) is 10.2. The number of nitrogens with one attached hydrogen (secondary N) is 1. The quantitative estimate of drug-likeness (QED) is 0.506. The molecule has 31 heavy (non-hydrogen) atoms. The van der Waals surface area contributed by atoms with Gasteiger partial charge in [-0.05, 0) is 44.4 Å². The standard InChI is InChI=1S/C21H23N5O5/c1-3-31-21(28)24-10-8-14(9-11-24)17-12-18(27)25-20(22-17)19(13(2)23-25)15-4-6-16(7-5-15)26(29)30/h4-7,12,14,23H,3,8-11H2,1-2H3. The molecule has 0 aliphatic carbocycles. The van der Waals surface area contributed by atoms with Gasteiger partial charge in [-0.3, -0.25) is 20.0 Å². The Balaban J connectivity index is 1.67. The van der Waals surface area contributed by atoms with Gasteiger partial charge in [-0.25, -0.2) is 14.3 Å². The van der Waals surface area contributed by atoms with E-state index >= 15 is 0 Å². The Morgan fingerprint density at radius 2 is 1.97 bits per heavy atom. The van der Waals surface area contributed by atoms with E-state index in [9.17, 15) is 19.7 Å². The van der Waals surface area contributed by atoms with Gasteiger partial charge in [0.25, 0.3) is 11.2 Å². The van der Waals surface area contributed by atoms with Crippen molar-refractivity contribution in [3.63, 3.8) is 0 Å². The van der Waals surface area contributed by atoms with Crippen LogP contribution in [0.1, 0.15) is 37.1 Å². The van der Waals surface area contributed by atoms with Gasteiger partial charge in [0.2, 0.25) is 0 Å². The molecule has 1 aliphatic rings. The van der Waals surface area contributed by atoms with E-state index in [1.807, 2.05) is 6.92 Å². The summed E-state index contributed by atoms with van der Waals surface area (Å²) in [6, 6.07) is 7.72. The summed E-state index contributed by atoms with van der Waals surface area (Å²) in [7, 11) is 0. The van der Waals surface area contributed by atoms with Crippen molar-refractivity contribution in [3.8, 4) is 11.1 Å². The number of carbonyl (C=O) groups is 1. The average Bonchev–Trinajstić information content (AvgIpc) is 3.10. The molecule has 10 nitrogen and oxygen atoms in total. The molecule has 0 radical (unpaired) electrons. The van der Waals surface area contributed by atoms with Gasteiger partial charge in [-0.1, -0.05) is 0 Å². The fourth-order valence-corrected chi connectivity index (χ4v) is 4.04. The summed E-state index contributed by atoms with van der Waals surface area (Å²) in [5.41, 5.74) is 3.18. The molecule has 1 fully saturated rings. The Kier molecular flexibility index (Phi) is 5.45. The van der Waals surface area contributed by atoms with Crippen LogP contribution in [0.25, 0.3) is 16.8 Å². The summed E-state index contributed by atoms with van der Waals surface area (Å²) in [6.45, 7) is 5.05. The molecule has 3 heterocycles. The van der Waals surface area contributed by atoms with Crippen LogP contribution in [-0.2, 0) is 4.74 Å². The van der Waals surface area contributed by atoms with Crippen LogP contribution in [-0.4, -0.2) is 50.2 Å². The number of piperidine rings is 1. The highest BCUT2D eigenvalue weighted by atomic mass is 16.6. The minimum absolute atomic E-state index is 0.000388. The number of hydrogen-bond donors (Lipinski definition) is 1. The number of H-pyrrole nitrogens is 1. The van der Waals surface area contributed by atoms with Gasteiger partial charge in [-0.15, -0.1) is 0 Å². The summed E-state index contributed by atoms with van der Waals surface area (Å²) in [6.07, 6.45) is 1.07. The van der Waals surface area contributed by atoms with Gasteiger partial charge < -0.3 is 9.64 Å². The molecule has 1 N–H and O–H groups in total. The SMILES string of the molecule is CCOC(=O)N1CCC(c2cc(=O)n3[nH]c(C)c(-c4ccc([N+](=O)[O-])cc4)c3n2)CC1. The number of rotatable bonds is 4. The second-order valence-electron chi connectivity index (χ2n) is 7.55. The maximum Gasteiger partial charge on any atom is 0.409 e. The first kappa shape index (κ1) is 20.6. The van der Waals surface area contributed by atoms with Crippen LogP contribution in [0.3, 0.4) is 0 Å². The molecule has 2 aromatic heterocycles. The molecular weight excluding hydrogens is 402 g/mol. The molecule has 0 unspecified atom stereocenters. The summed E-state index contributed by atoms with van der Waals surface area (Å²) in [5.74, 6) is 0.0586. The molecule has 3 aromatic rings. The lowest BCUT2D eigenvalue weighted by Gasteiger charge is -2.30. The number of nitro benzene ring substituents is 1. The summed E-state index contributed by atoms with van der Waals surface area (Å²) in [5, 5.41) is 14.0. The van der Waals surface area contributed by atoms with Crippen LogP contribution >= 0.6 is 0 Å². The van der Waals surface area contributed by atoms with E-state index in [0.29, 0.717) is 43.9 Å². The topological polar surface area (TPSA) is 123 Å². The summed E-state index contributed by atoms with van der Waals surface area (Å²) < 4.78 is 6.45. The molecule has 162 valence electrons. The fraction of sp³-hybridized carbons (Fsp3) is 0.381. The molecule has 10 heteroatoms.